The maximum absolute atomic E-state index is 13.1. The zero-order valence-electron chi connectivity index (χ0n) is 19.2. The van der Waals surface area contributed by atoms with Crippen LogP contribution in [0, 0.1) is 0 Å². The van der Waals surface area contributed by atoms with Crippen molar-refractivity contribution in [3.8, 4) is 0 Å². The number of nitrogens with zero attached hydrogens (tertiary/aromatic N) is 3. The minimum absolute atomic E-state index is 0.0800. The average molecular weight is 427 g/mol. The first-order chi connectivity index (χ1) is 15.0. The van der Waals surface area contributed by atoms with Gasteiger partial charge in [-0.25, -0.2) is 4.79 Å². The van der Waals surface area contributed by atoms with E-state index in [-0.39, 0.29) is 11.4 Å². The predicted molar refractivity (Wildman–Crippen MR) is 123 cm³/mol. The van der Waals surface area contributed by atoms with E-state index < -0.39 is 0 Å². The number of nitrogens with one attached hydrogen (secondary N) is 1. The summed E-state index contributed by atoms with van der Waals surface area (Å²) < 4.78 is 0. The van der Waals surface area contributed by atoms with Gasteiger partial charge in [-0.15, -0.1) is 0 Å². The van der Waals surface area contributed by atoms with E-state index in [1.165, 1.54) is 11.1 Å². The lowest BCUT2D eigenvalue weighted by Gasteiger charge is -2.40. The average Bonchev–Trinajstić information content (AvgIpc) is 3.08. The second-order valence-electron chi connectivity index (χ2n) is 9.73. The van der Waals surface area contributed by atoms with Crippen LogP contribution in [0.3, 0.4) is 0 Å². The van der Waals surface area contributed by atoms with Crippen molar-refractivity contribution in [2.24, 2.45) is 0 Å². The third kappa shape index (κ3) is 4.74. The molecular weight excluding hydrogens is 388 g/mol. The van der Waals surface area contributed by atoms with Gasteiger partial charge in [0.1, 0.15) is 0 Å². The third-order valence-electron chi connectivity index (χ3n) is 7.70. The normalized spacial score (nSPS) is 23.1. The van der Waals surface area contributed by atoms with Crippen LogP contribution in [0.25, 0.3) is 0 Å². The molecule has 3 amide bonds. The Kier molecular flexibility index (Phi) is 6.85. The highest BCUT2D eigenvalue weighted by Crippen LogP contribution is 2.52. The van der Waals surface area contributed by atoms with Crippen LogP contribution in [0.1, 0.15) is 62.5 Å². The van der Waals surface area contributed by atoms with Gasteiger partial charge in [0, 0.05) is 52.2 Å². The third-order valence-corrected chi connectivity index (χ3v) is 7.70. The van der Waals surface area contributed by atoms with Crippen LogP contribution in [0.5, 0.6) is 0 Å². The minimum atomic E-state index is 0.0800. The Bertz CT molecular complexity index is 779. The molecule has 3 aliphatic rings. The summed E-state index contributed by atoms with van der Waals surface area (Å²) in [6.45, 7) is 8.11. The summed E-state index contributed by atoms with van der Waals surface area (Å²) in [6, 6.07) is 8.83. The van der Waals surface area contributed by atoms with Crippen LogP contribution < -0.4 is 5.32 Å². The maximum Gasteiger partial charge on any atom is 0.317 e. The summed E-state index contributed by atoms with van der Waals surface area (Å²) in [5.74, 6) is 0.603. The molecule has 0 unspecified atom stereocenters. The van der Waals surface area contributed by atoms with E-state index in [1.54, 1.807) is 0 Å². The highest BCUT2D eigenvalue weighted by Gasteiger charge is 2.46. The van der Waals surface area contributed by atoms with Gasteiger partial charge in [0.25, 0.3) is 0 Å². The summed E-state index contributed by atoms with van der Waals surface area (Å²) in [7, 11) is 2.12. The molecule has 2 heterocycles. The van der Waals surface area contributed by atoms with Gasteiger partial charge < -0.3 is 20.0 Å². The number of benzene rings is 1. The molecule has 4 rings (SSSR count). The first-order valence-corrected chi connectivity index (χ1v) is 12.1. The molecule has 2 aliphatic heterocycles. The molecule has 1 N–H and O–H groups in total. The van der Waals surface area contributed by atoms with Crippen molar-refractivity contribution in [3.63, 3.8) is 0 Å². The number of likely N-dealkylation sites (tertiary alicyclic amines) is 1. The lowest BCUT2D eigenvalue weighted by atomic mass is 9.73. The van der Waals surface area contributed by atoms with Gasteiger partial charge in [-0.1, -0.05) is 37.6 Å². The molecule has 1 aromatic carbocycles. The summed E-state index contributed by atoms with van der Waals surface area (Å²) in [4.78, 5) is 31.9. The molecule has 170 valence electrons. The molecule has 0 radical (unpaired) electrons. The highest BCUT2D eigenvalue weighted by molar-refractivity contribution is 5.78. The molecule has 6 nitrogen and oxygen atoms in total. The Morgan fingerprint density at radius 2 is 1.74 bits per heavy atom. The zero-order chi connectivity index (χ0) is 21.8. The van der Waals surface area contributed by atoms with Gasteiger partial charge in [0.2, 0.25) is 5.91 Å². The summed E-state index contributed by atoms with van der Waals surface area (Å²) >= 11 is 0. The van der Waals surface area contributed by atoms with Gasteiger partial charge in [-0.3, -0.25) is 4.79 Å². The van der Waals surface area contributed by atoms with E-state index in [4.69, 9.17) is 0 Å². The molecule has 0 aromatic heterocycles. The number of fused-ring (bicyclic) bond motifs is 2. The van der Waals surface area contributed by atoms with E-state index in [1.807, 2.05) is 4.90 Å². The van der Waals surface area contributed by atoms with E-state index in [0.717, 1.165) is 77.9 Å². The van der Waals surface area contributed by atoms with Gasteiger partial charge >= 0.3 is 6.03 Å². The molecule has 1 aromatic rings. The second-order valence-corrected chi connectivity index (χ2v) is 9.73. The van der Waals surface area contributed by atoms with E-state index in [0.29, 0.717) is 18.2 Å². The maximum atomic E-state index is 13.1. The Labute approximate surface area is 187 Å². The van der Waals surface area contributed by atoms with Crippen molar-refractivity contribution in [1.82, 2.24) is 20.0 Å². The molecule has 1 atom stereocenters. The molecule has 2 fully saturated rings. The quantitative estimate of drug-likeness (QED) is 0.736. The molecule has 1 spiro atoms. The molecule has 2 saturated heterocycles. The van der Waals surface area contributed by atoms with Crippen LogP contribution in [0.15, 0.2) is 24.3 Å². The van der Waals surface area contributed by atoms with Crippen LogP contribution in [-0.2, 0) is 10.2 Å². The van der Waals surface area contributed by atoms with Crippen LogP contribution >= 0.6 is 0 Å². The van der Waals surface area contributed by atoms with Crippen LogP contribution in [0.4, 0.5) is 4.79 Å². The van der Waals surface area contributed by atoms with Crippen molar-refractivity contribution in [2.75, 3.05) is 52.9 Å². The standard InChI is InChI=1S/C25H38N4O2/c1-3-4-11-26-24(31)29-12-9-25(10-13-29)19-20(21-7-5-6-8-22(21)25)18-23(30)28-16-14-27(2)15-17-28/h5-8,20H,3-4,9-19H2,1-2H3,(H,26,31)/t20-/m1/s1. The Hall–Kier alpha value is -2.08. The number of carbonyl (C=O) groups excluding carboxylic acids is 2. The lowest BCUT2D eigenvalue weighted by Crippen LogP contribution is -2.48. The summed E-state index contributed by atoms with van der Waals surface area (Å²) in [5.41, 5.74) is 2.91. The highest BCUT2D eigenvalue weighted by atomic mass is 16.2. The topological polar surface area (TPSA) is 55.9 Å². The van der Waals surface area contributed by atoms with Gasteiger partial charge in [-0.2, -0.15) is 0 Å². The first kappa shape index (κ1) is 22.1. The molecule has 1 aliphatic carbocycles. The van der Waals surface area contributed by atoms with Gasteiger partial charge in [0.15, 0.2) is 0 Å². The molecule has 0 bridgehead atoms. The predicted octanol–water partition coefficient (Wildman–Crippen LogP) is 3.18. The molecular formula is C25H38N4O2. The van der Waals surface area contributed by atoms with Crippen molar-refractivity contribution in [2.45, 2.75) is 56.8 Å². The number of carbonyl (C=O) groups is 2. The number of likely N-dealkylation sites (N-methyl/N-ethyl adjacent to an activating group) is 1. The van der Waals surface area contributed by atoms with E-state index in [2.05, 4.69) is 53.4 Å². The lowest BCUT2D eigenvalue weighted by molar-refractivity contribution is -0.133. The fourth-order valence-corrected chi connectivity index (χ4v) is 5.70. The largest absolute Gasteiger partial charge is 0.340 e. The SMILES string of the molecule is CCCCNC(=O)N1CCC2(CC1)C[C@@H](CC(=O)N1CCN(C)CC1)c1ccccc12. The zero-order valence-corrected chi connectivity index (χ0v) is 19.2. The fourth-order valence-electron chi connectivity index (χ4n) is 5.70. The van der Waals surface area contributed by atoms with Crippen molar-refractivity contribution in [3.05, 3.63) is 35.4 Å². The Morgan fingerprint density at radius 1 is 1.03 bits per heavy atom. The first-order valence-electron chi connectivity index (χ1n) is 12.1. The molecule has 0 saturated carbocycles. The number of rotatable bonds is 5. The van der Waals surface area contributed by atoms with Crippen LogP contribution in [0.2, 0.25) is 0 Å². The second kappa shape index (κ2) is 9.60. The van der Waals surface area contributed by atoms with E-state index >= 15 is 0 Å². The molecule has 31 heavy (non-hydrogen) atoms. The number of piperazine rings is 1. The Morgan fingerprint density at radius 3 is 2.45 bits per heavy atom. The van der Waals surface area contributed by atoms with Crippen molar-refractivity contribution < 1.29 is 9.59 Å². The number of hydrogen-bond donors (Lipinski definition) is 1. The summed E-state index contributed by atoms with van der Waals surface area (Å²) in [6.07, 6.45) is 5.75. The van der Waals surface area contributed by atoms with Crippen molar-refractivity contribution in [1.29, 1.82) is 0 Å². The minimum Gasteiger partial charge on any atom is -0.340 e. The van der Waals surface area contributed by atoms with Gasteiger partial charge in [-0.05, 0) is 55.2 Å². The number of piperidine rings is 1. The smallest absolute Gasteiger partial charge is 0.317 e. The number of amides is 3. The Balaban J connectivity index is 1.40. The number of hydrogen-bond acceptors (Lipinski definition) is 3. The molecule has 6 heteroatoms. The van der Waals surface area contributed by atoms with Gasteiger partial charge in [0.05, 0.1) is 0 Å². The van der Waals surface area contributed by atoms with Crippen molar-refractivity contribution >= 4 is 11.9 Å². The number of unbranched alkanes of at least 4 members (excludes halogenated alkanes) is 1. The fraction of sp³-hybridized carbons (Fsp3) is 0.680. The van der Waals surface area contributed by atoms with Crippen LogP contribution in [-0.4, -0.2) is 79.5 Å². The summed E-state index contributed by atoms with van der Waals surface area (Å²) in [5, 5.41) is 3.06. The monoisotopic (exact) mass is 426 g/mol. The number of urea groups is 1. The van der Waals surface area contributed by atoms with E-state index in [9.17, 15) is 9.59 Å².